The molecule has 0 bridgehead atoms. The number of hydrogen-bond acceptors (Lipinski definition) is 3. The molecule has 0 spiro atoms. The third kappa shape index (κ3) is 4.13. The highest BCUT2D eigenvalue weighted by atomic mass is 16.2. The lowest BCUT2D eigenvalue weighted by atomic mass is 9.92. The summed E-state index contributed by atoms with van der Waals surface area (Å²) in [6, 6.07) is 0. The molecular formula is C13H21N3O. The molecule has 0 saturated heterocycles. The van der Waals surface area contributed by atoms with Gasteiger partial charge in [0.15, 0.2) is 0 Å². The molecule has 4 heteroatoms. The van der Waals surface area contributed by atoms with Crippen LogP contribution in [0.2, 0.25) is 0 Å². The van der Waals surface area contributed by atoms with E-state index in [1.54, 1.807) is 6.20 Å². The zero-order chi connectivity index (χ0) is 13.3. The Balaban J connectivity index is 2.97. The van der Waals surface area contributed by atoms with E-state index in [0.717, 1.165) is 5.69 Å². The summed E-state index contributed by atoms with van der Waals surface area (Å²) in [6.45, 7) is 11.9. The van der Waals surface area contributed by atoms with Gasteiger partial charge >= 0.3 is 0 Å². The van der Waals surface area contributed by atoms with Crippen molar-refractivity contribution in [2.24, 2.45) is 0 Å². The van der Waals surface area contributed by atoms with Gasteiger partial charge in [0.1, 0.15) is 5.69 Å². The van der Waals surface area contributed by atoms with Gasteiger partial charge in [-0.2, -0.15) is 0 Å². The van der Waals surface area contributed by atoms with E-state index >= 15 is 0 Å². The van der Waals surface area contributed by atoms with E-state index in [9.17, 15) is 4.79 Å². The highest BCUT2D eigenvalue weighted by molar-refractivity contribution is 5.92. The minimum Gasteiger partial charge on any atom is -0.346 e. The van der Waals surface area contributed by atoms with Crippen LogP contribution in [-0.2, 0) is 5.41 Å². The summed E-state index contributed by atoms with van der Waals surface area (Å²) >= 11 is 0. The van der Waals surface area contributed by atoms with Crippen molar-refractivity contribution in [2.45, 2.75) is 52.5 Å². The van der Waals surface area contributed by atoms with Crippen LogP contribution in [0, 0.1) is 0 Å². The Morgan fingerprint density at radius 2 is 1.71 bits per heavy atom. The molecule has 4 nitrogen and oxygen atoms in total. The first-order valence-corrected chi connectivity index (χ1v) is 5.75. The quantitative estimate of drug-likeness (QED) is 0.812. The van der Waals surface area contributed by atoms with E-state index in [-0.39, 0.29) is 16.9 Å². The van der Waals surface area contributed by atoms with Gasteiger partial charge in [0, 0.05) is 17.2 Å². The number of amides is 1. The van der Waals surface area contributed by atoms with E-state index < -0.39 is 0 Å². The summed E-state index contributed by atoms with van der Waals surface area (Å²) in [5.41, 5.74) is 0.813. The predicted octanol–water partition coefficient (Wildman–Crippen LogP) is 2.30. The Morgan fingerprint density at radius 3 is 2.18 bits per heavy atom. The van der Waals surface area contributed by atoms with Crippen LogP contribution in [-0.4, -0.2) is 21.4 Å². The fourth-order valence-corrected chi connectivity index (χ4v) is 1.24. The molecule has 0 aliphatic carbocycles. The van der Waals surface area contributed by atoms with Gasteiger partial charge in [-0.25, -0.2) is 4.98 Å². The lowest BCUT2D eigenvalue weighted by Gasteiger charge is -2.21. The molecule has 1 N–H and O–H groups in total. The van der Waals surface area contributed by atoms with Gasteiger partial charge in [0.25, 0.3) is 5.91 Å². The molecule has 0 aliphatic rings. The topological polar surface area (TPSA) is 54.9 Å². The summed E-state index contributed by atoms with van der Waals surface area (Å²) in [6.07, 6.45) is 3.20. The van der Waals surface area contributed by atoms with Crippen LogP contribution in [0.5, 0.6) is 0 Å². The predicted molar refractivity (Wildman–Crippen MR) is 68.0 cm³/mol. The van der Waals surface area contributed by atoms with Crippen molar-refractivity contribution in [2.75, 3.05) is 0 Å². The van der Waals surface area contributed by atoms with Crippen molar-refractivity contribution in [3.8, 4) is 0 Å². The molecule has 17 heavy (non-hydrogen) atoms. The van der Waals surface area contributed by atoms with E-state index in [4.69, 9.17) is 0 Å². The Kier molecular flexibility index (Phi) is 3.55. The van der Waals surface area contributed by atoms with Gasteiger partial charge in [-0.1, -0.05) is 20.8 Å². The van der Waals surface area contributed by atoms with Crippen LogP contribution in [0.3, 0.4) is 0 Å². The van der Waals surface area contributed by atoms with E-state index in [1.165, 1.54) is 6.20 Å². The highest BCUT2D eigenvalue weighted by Crippen LogP contribution is 2.19. The van der Waals surface area contributed by atoms with Gasteiger partial charge in [-0.3, -0.25) is 9.78 Å². The Hall–Kier alpha value is -1.45. The standard InChI is InChI=1S/C13H21N3O/c1-12(2,3)10-8-14-7-9(15-10)11(17)16-13(4,5)6/h7-8H,1-6H3,(H,16,17). The Morgan fingerprint density at radius 1 is 1.12 bits per heavy atom. The van der Waals surface area contributed by atoms with Crippen LogP contribution in [0.25, 0.3) is 0 Å². The molecule has 0 aliphatic heterocycles. The summed E-state index contributed by atoms with van der Waals surface area (Å²) in [4.78, 5) is 20.4. The van der Waals surface area contributed by atoms with E-state index in [0.29, 0.717) is 5.69 Å². The second-order valence-electron chi connectivity index (χ2n) is 6.24. The molecule has 0 fully saturated rings. The molecular weight excluding hydrogens is 214 g/mol. The lowest BCUT2D eigenvalue weighted by Crippen LogP contribution is -2.41. The fourth-order valence-electron chi connectivity index (χ4n) is 1.24. The highest BCUT2D eigenvalue weighted by Gasteiger charge is 2.20. The van der Waals surface area contributed by atoms with Gasteiger partial charge in [-0.05, 0) is 20.8 Å². The number of nitrogens with zero attached hydrogens (tertiary/aromatic N) is 2. The van der Waals surface area contributed by atoms with Crippen LogP contribution in [0.4, 0.5) is 0 Å². The molecule has 94 valence electrons. The van der Waals surface area contributed by atoms with Gasteiger partial charge in [0.05, 0.1) is 11.9 Å². The second-order valence-corrected chi connectivity index (χ2v) is 6.24. The van der Waals surface area contributed by atoms with Crippen LogP contribution >= 0.6 is 0 Å². The summed E-state index contributed by atoms with van der Waals surface area (Å²) in [5, 5.41) is 2.87. The Labute approximate surface area is 103 Å². The molecule has 0 radical (unpaired) electrons. The average molecular weight is 235 g/mol. The maximum absolute atomic E-state index is 11.9. The smallest absolute Gasteiger partial charge is 0.271 e. The molecule has 1 aromatic rings. The molecule has 1 rings (SSSR count). The van der Waals surface area contributed by atoms with Crippen LogP contribution in [0.15, 0.2) is 12.4 Å². The minimum atomic E-state index is -0.267. The summed E-state index contributed by atoms with van der Waals surface area (Å²) in [7, 11) is 0. The summed E-state index contributed by atoms with van der Waals surface area (Å²) in [5.74, 6) is -0.184. The van der Waals surface area contributed by atoms with Crippen LogP contribution < -0.4 is 5.32 Å². The van der Waals surface area contributed by atoms with Crippen molar-refractivity contribution in [1.82, 2.24) is 15.3 Å². The minimum absolute atomic E-state index is 0.106. The summed E-state index contributed by atoms with van der Waals surface area (Å²) < 4.78 is 0. The number of aromatic nitrogens is 2. The van der Waals surface area contributed by atoms with Gasteiger partial charge < -0.3 is 5.32 Å². The Bertz CT molecular complexity index is 413. The number of carbonyl (C=O) groups is 1. The number of nitrogens with one attached hydrogen (secondary N) is 1. The van der Waals surface area contributed by atoms with Crippen molar-refractivity contribution in [3.63, 3.8) is 0 Å². The zero-order valence-corrected chi connectivity index (χ0v) is 11.5. The fraction of sp³-hybridized carbons (Fsp3) is 0.615. The molecule has 0 aromatic carbocycles. The number of rotatable bonds is 1. The monoisotopic (exact) mass is 235 g/mol. The maximum atomic E-state index is 11.9. The van der Waals surface area contributed by atoms with E-state index in [2.05, 4.69) is 15.3 Å². The molecule has 1 amide bonds. The third-order valence-electron chi connectivity index (χ3n) is 2.12. The first kappa shape index (κ1) is 13.6. The lowest BCUT2D eigenvalue weighted by molar-refractivity contribution is 0.0913. The number of hydrogen-bond donors (Lipinski definition) is 1. The molecule has 1 aromatic heterocycles. The van der Waals surface area contributed by atoms with Gasteiger partial charge in [-0.15, -0.1) is 0 Å². The third-order valence-corrected chi connectivity index (χ3v) is 2.12. The zero-order valence-electron chi connectivity index (χ0n) is 11.5. The van der Waals surface area contributed by atoms with Crippen LogP contribution in [0.1, 0.15) is 57.7 Å². The van der Waals surface area contributed by atoms with E-state index in [1.807, 2.05) is 41.5 Å². The second kappa shape index (κ2) is 4.43. The SMILES string of the molecule is CC(C)(C)NC(=O)c1cncc(C(C)(C)C)n1. The molecule has 0 saturated carbocycles. The first-order chi connectivity index (χ1) is 7.59. The van der Waals surface area contributed by atoms with Crippen molar-refractivity contribution in [3.05, 3.63) is 23.8 Å². The van der Waals surface area contributed by atoms with Crippen molar-refractivity contribution >= 4 is 5.91 Å². The average Bonchev–Trinajstić information content (AvgIpc) is 2.14. The van der Waals surface area contributed by atoms with Gasteiger partial charge in [0.2, 0.25) is 0 Å². The molecule has 0 atom stereocenters. The first-order valence-electron chi connectivity index (χ1n) is 5.75. The largest absolute Gasteiger partial charge is 0.346 e. The molecule has 1 heterocycles. The normalized spacial score (nSPS) is 12.4. The van der Waals surface area contributed by atoms with Crippen molar-refractivity contribution < 1.29 is 4.79 Å². The number of carbonyl (C=O) groups excluding carboxylic acids is 1. The maximum Gasteiger partial charge on any atom is 0.271 e. The molecule has 0 unspecified atom stereocenters. The van der Waals surface area contributed by atoms with Crippen molar-refractivity contribution in [1.29, 1.82) is 0 Å².